The summed E-state index contributed by atoms with van der Waals surface area (Å²) in [6.07, 6.45) is 6.61. The van der Waals surface area contributed by atoms with Crippen LogP contribution >= 0.6 is 0 Å². The van der Waals surface area contributed by atoms with Gasteiger partial charge < -0.3 is 9.64 Å². The Labute approximate surface area is 176 Å². The molecule has 1 unspecified atom stereocenters. The van der Waals surface area contributed by atoms with Crippen molar-refractivity contribution in [2.24, 2.45) is 17.8 Å². The first kappa shape index (κ1) is 18.6. The van der Waals surface area contributed by atoms with Crippen LogP contribution in [-0.2, 0) is 6.42 Å². The molecule has 1 aliphatic carbocycles. The lowest BCUT2D eigenvalue weighted by molar-refractivity contribution is 0.282. The lowest BCUT2D eigenvalue weighted by atomic mass is 10.1. The fraction of sp³-hybridized carbons (Fsp3) is 0.333. The number of hydrogen-bond donors (Lipinski definition) is 0. The molecule has 0 N–H and O–H groups in total. The maximum atomic E-state index is 8.90. The van der Waals surface area contributed by atoms with E-state index in [-0.39, 0.29) is 0 Å². The van der Waals surface area contributed by atoms with Crippen molar-refractivity contribution in [3.63, 3.8) is 0 Å². The van der Waals surface area contributed by atoms with Gasteiger partial charge in [-0.2, -0.15) is 5.26 Å². The Morgan fingerprint density at radius 3 is 2.33 bits per heavy atom. The second-order valence-electron chi connectivity index (χ2n) is 8.02. The summed E-state index contributed by atoms with van der Waals surface area (Å²) < 4.78 is 6.01. The van der Waals surface area contributed by atoms with Crippen LogP contribution < -0.4 is 9.64 Å². The average molecular weight is 397 g/mol. The molecule has 3 aromatic rings. The lowest BCUT2D eigenvalue weighted by Gasteiger charge is -2.19. The largest absolute Gasteiger partial charge is 0.492 e. The Kier molecular flexibility index (Phi) is 4.80. The predicted molar refractivity (Wildman–Crippen MR) is 114 cm³/mol. The van der Waals surface area contributed by atoms with Crippen molar-refractivity contribution in [3.8, 4) is 23.1 Å². The Hall–Kier alpha value is -3.46. The standard InChI is InChI=1S/C24H23N5O/c1-2-16-10-27-24(28-11-16)29-13-20-21(14-29)22(20)15-30-19-7-8-23(26-12-19)18-5-3-17(9-25)4-6-18/h3-8,10-12,20-22H,2,13-15H2,1H3/t20-,21+,22?. The van der Waals surface area contributed by atoms with Crippen LogP contribution in [0.3, 0.4) is 0 Å². The number of anilines is 1. The van der Waals surface area contributed by atoms with Gasteiger partial charge in [0.2, 0.25) is 5.95 Å². The number of piperidine rings is 1. The molecule has 1 aliphatic heterocycles. The van der Waals surface area contributed by atoms with Gasteiger partial charge in [0, 0.05) is 37.0 Å². The van der Waals surface area contributed by atoms with Crippen molar-refractivity contribution >= 4 is 5.95 Å². The van der Waals surface area contributed by atoms with Crippen LogP contribution in [-0.4, -0.2) is 34.6 Å². The highest BCUT2D eigenvalue weighted by atomic mass is 16.5. The predicted octanol–water partition coefficient (Wildman–Crippen LogP) is 3.73. The van der Waals surface area contributed by atoms with Crippen LogP contribution in [0.4, 0.5) is 5.95 Å². The minimum atomic E-state index is 0.606. The highest BCUT2D eigenvalue weighted by Gasteiger charge is 2.56. The number of aryl methyl sites for hydroxylation is 1. The molecule has 2 aliphatic rings. The van der Waals surface area contributed by atoms with Crippen molar-refractivity contribution in [3.05, 3.63) is 66.1 Å². The van der Waals surface area contributed by atoms with Gasteiger partial charge in [-0.25, -0.2) is 9.97 Å². The summed E-state index contributed by atoms with van der Waals surface area (Å²) >= 11 is 0. The van der Waals surface area contributed by atoms with E-state index in [0.29, 0.717) is 23.3 Å². The van der Waals surface area contributed by atoms with Gasteiger partial charge in [0.05, 0.1) is 30.1 Å². The van der Waals surface area contributed by atoms with E-state index in [1.165, 1.54) is 5.56 Å². The monoisotopic (exact) mass is 397 g/mol. The Morgan fingerprint density at radius 2 is 1.73 bits per heavy atom. The molecule has 1 saturated carbocycles. The zero-order valence-corrected chi connectivity index (χ0v) is 16.9. The number of nitriles is 1. The van der Waals surface area contributed by atoms with Crippen molar-refractivity contribution in [1.82, 2.24) is 15.0 Å². The summed E-state index contributed by atoms with van der Waals surface area (Å²) in [6, 6.07) is 13.5. The molecule has 2 fully saturated rings. The van der Waals surface area contributed by atoms with E-state index in [2.05, 4.69) is 32.8 Å². The molecule has 3 heterocycles. The van der Waals surface area contributed by atoms with Crippen molar-refractivity contribution in [2.75, 3.05) is 24.6 Å². The molecule has 150 valence electrons. The van der Waals surface area contributed by atoms with Gasteiger partial charge in [-0.15, -0.1) is 0 Å². The highest BCUT2D eigenvalue weighted by Crippen LogP contribution is 2.52. The van der Waals surface area contributed by atoms with Crippen molar-refractivity contribution in [1.29, 1.82) is 5.26 Å². The van der Waals surface area contributed by atoms with Gasteiger partial charge in [0.25, 0.3) is 0 Å². The van der Waals surface area contributed by atoms with E-state index in [1.807, 2.05) is 36.7 Å². The summed E-state index contributed by atoms with van der Waals surface area (Å²) in [5, 5.41) is 8.90. The SMILES string of the molecule is CCc1cnc(N2C[C@@H]3C(COc4ccc(-c5ccc(C#N)cc5)nc4)[C@@H]3C2)nc1. The van der Waals surface area contributed by atoms with E-state index in [9.17, 15) is 0 Å². The molecule has 0 spiro atoms. The van der Waals surface area contributed by atoms with Gasteiger partial charge in [0.1, 0.15) is 5.75 Å². The highest BCUT2D eigenvalue weighted by molar-refractivity contribution is 5.60. The molecule has 5 rings (SSSR count). The Balaban J connectivity index is 1.12. The first-order valence-corrected chi connectivity index (χ1v) is 10.4. The van der Waals surface area contributed by atoms with Gasteiger partial charge >= 0.3 is 0 Å². The summed E-state index contributed by atoms with van der Waals surface area (Å²) in [7, 11) is 0. The second kappa shape index (κ2) is 7.75. The smallest absolute Gasteiger partial charge is 0.225 e. The molecule has 0 amide bonds. The van der Waals surface area contributed by atoms with Gasteiger partial charge in [-0.05, 0) is 48.1 Å². The summed E-state index contributed by atoms with van der Waals surface area (Å²) in [6.45, 7) is 4.88. The topological polar surface area (TPSA) is 74.9 Å². The van der Waals surface area contributed by atoms with E-state index in [1.54, 1.807) is 18.3 Å². The molecule has 1 aromatic carbocycles. The van der Waals surface area contributed by atoms with Gasteiger partial charge in [0.15, 0.2) is 0 Å². The van der Waals surface area contributed by atoms with Gasteiger partial charge in [-0.1, -0.05) is 19.1 Å². The number of fused-ring (bicyclic) bond motifs is 1. The third-order valence-corrected chi connectivity index (χ3v) is 6.24. The number of aromatic nitrogens is 3. The molecule has 2 aromatic heterocycles. The fourth-order valence-electron chi connectivity index (χ4n) is 4.30. The second-order valence-corrected chi connectivity index (χ2v) is 8.02. The molecule has 30 heavy (non-hydrogen) atoms. The molecule has 6 nitrogen and oxygen atoms in total. The summed E-state index contributed by atoms with van der Waals surface area (Å²) in [4.78, 5) is 15.8. The van der Waals surface area contributed by atoms with Crippen LogP contribution in [0.5, 0.6) is 5.75 Å². The van der Waals surface area contributed by atoms with Gasteiger partial charge in [-0.3, -0.25) is 4.98 Å². The summed E-state index contributed by atoms with van der Waals surface area (Å²) in [5.74, 6) is 3.60. The zero-order valence-electron chi connectivity index (χ0n) is 16.9. The number of pyridine rings is 1. The van der Waals surface area contributed by atoms with Crippen LogP contribution in [0.15, 0.2) is 55.0 Å². The van der Waals surface area contributed by atoms with Crippen LogP contribution in [0.25, 0.3) is 11.3 Å². The van der Waals surface area contributed by atoms with Crippen LogP contribution in [0.1, 0.15) is 18.1 Å². The lowest BCUT2D eigenvalue weighted by Crippen LogP contribution is -2.27. The van der Waals surface area contributed by atoms with E-state index < -0.39 is 0 Å². The zero-order chi connectivity index (χ0) is 20.5. The van der Waals surface area contributed by atoms with Crippen LogP contribution in [0.2, 0.25) is 0 Å². The Morgan fingerprint density at radius 1 is 1.00 bits per heavy atom. The number of rotatable bonds is 6. The summed E-state index contributed by atoms with van der Waals surface area (Å²) in [5.41, 5.74) is 3.69. The van der Waals surface area contributed by atoms with E-state index in [4.69, 9.17) is 10.00 Å². The van der Waals surface area contributed by atoms with Crippen LogP contribution in [0, 0.1) is 29.1 Å². The maximum Gasteiger partial charge on any atom is 0.225 e. The quantitative estimate of drug-likeness (QED) is 0.631. The number of nitrogens with zero attached hydrogens (tertiary/aromatic N) is 5. The molecule has 0 radical (unpaired) electrons. The third kappa shape index (κ3) is 3.59. The maximum absolute atomic E-state index is 8.90. The molecule has 0 bridgehead atoms. The van der Waals surface area contributed by atoms with E-state index >= 15 is 0 Å². The minimum Gasteiger partial charge on any atom is -0.492 e. The Bertz CT molecular complexity index is 1040. The first-order chi connectivity index (χ1) is 14.7. The molecular formula is C24H23N5O. The van der Waals surface area contributed by atoms with E-state index in [0.717, 1.165) is 49.1 Å². The minimum absolute atomic E-state index is 0.606. The van der Waals surface area contributed by atoms with Crippen molar-refractivity contribution < 1.29 is 4.74 Å². The molecule has 1 saturated heterocycles. The normalized spacial score (nSPS) is 21.7. The number of benzene rings is 1. The van der Waals surface area contributed by atoms with Crippen molar-refractivity contribution in [2.45, 2.75) is 13.3 Å². The fourth-order valence-corrected chi connectivity index (χ4v) is 4.30. The number of ether oxygens (including phenoxy) is 1. The molecular weight excluding hydrogens is 374 g/mol. The molecule has 3 atom stereocenters. The molecule has 6 heteroatoms. The number of hydrogen-bond acceptors (Lipinski definition) is 6. The first-order valence-electron chi connectivity index (χ1n) is 10.4. The third-order valence-electron chi connectivity index (χ3n) is 6.24. The average Bonchev–Trinajstić information content (AvgIpc) is 3.26.